The molecule has 0 aromatic carbocycles. The second-order valence-electron chi connectivity index (χ2n) is 3.73. The van der Waals surface area contributed by atoms with Crippen molar-refractivity contribution in [2.24, 2.45) is 0 Å². The topological polar surface area (TPSA) is 51.2 Å². The van der Waals surface area contributed by atoms with Crippen molar-refractivity contribution in [2.45, 2.75) is 32.6 Å². The normalized spacial score (nSPS) is 13.6. The fraction of sp³-hybridized carbons (Fsp3) is 0.636. The Hall–Kier alpha value is -1.10. The number of carbonyl (C=O) groups is 1. The van der Waals surface area contributed by atoms with Gasteiger partial charge in [-0.2, -0.15) is 0 Å². The second kappa shape index (κ2) is 5.30. The molecule has 1 aromatic rings. The molecule has 0 fully saturated rings. The van der Waals surface area contributed by atoms with Gasteiger partial charge < -0.3 is 10.1 Å². The lowest BCUT2D eigenvalue weighted by molar-refractivity contribution is 0.152. The summed E-state index contributed by atoms with van der Waals surface area (Å²) in [6.07, 6.45) is 4.01. The van der Waals surface area contributed by atoms with Crippen molar-refractivity contribution in [1.29, 1.82) is 0 Å². The number of nitrogens with one attached hydrogen (secondary N) is 1. The number of amides is 1. The molecule has 16 heavy (non-hydrogen) atoms. The standard InChI is InChI=1S/C11H16N2O2S/c1-2-15-11(14)12-7-6-10-13-8-4-3-5-9(8)16-10/h2-7H2,1H3,(H,12,14). The van der Waals surface area contributed by atoms with E-state index < -0.39 is 0 Å². The van der Waals surface area contributed by atoms with E-state index in [0.29, 0.717) is 13.2 Å². The summed E-state index contributed by atoms with van der Waals surface area (Å²) < 4.78 is 4.77. The van der Waals surface area contributed by atoms with E-state index in [0.717, 1.165) is 17.8 Å². The van der Waals surface area contributed by atoms with Gasteiger partial charge in [-0.3, -0.25) is 0 Å². The molecule has 2 rings (SSSR count). The van der Waals surface area contributed by atoms with Crippen molar-refractivity contribution in [2.75, 3.05) is 13.2 Å². The van der Waals surface area contributed by atoms with Crippen LogP contribution in [0.4, 0.5) is 4.79 Å². The monoisotopic (exact) mass is 240 g/mol. The molecular weight excluding hydrogens is 224 g/mol. The van der Waals surface area contributed by atoms with Gasteiger partial charge in [-0.1, -0.05) is 0 Å². The molecule has 1 N–H and O–H groups in total. The van der Waals surface area contributed by atoms with Gasteiger partial charge in [0.25, 0.3) is 0 Å². The van der Waals surface area contributed by atoms with Crippen LogP contribution < -0.4 is 5.32 Å². The maximum atomic E-state index is 11.0. The zero-order valence-corrected chi connectivity index (χ0v) is 10.2. The quantitative estimate of drug-likeness (QED) is 0.874. The molecule has 0 atom stereocenters. The maximum Gasteiger partial charge on any atom is 0.407 e. The SMILES string of the molecule is CCOC(=O)NCCc1nc2c(s1)CCC2. The van der Waals surface area contributed by atoms with Gasteiger partial charge in [-0.25, -0.2) is 9.78 Å². The Kier molecular flexibility index (Phi) is 3.77. The summed E-state index contributed by atoms with van der Waals surface area (Å²) in [5, 5.41) is 3.83. The van der Waals surface area contributed by atoms with Gasteiger partial charge in [-0.15, -0.1) is 11.3 Å². The van der Waals surface area contributed by atoms with Crippen molar-refractivity contribution in [3.8, 4) is 0 Å². The van der Waals surface area contributed by atoms with E-state index in [1.807, 2.05) is 0 Å². The zero-order chi connectivity index (χ0) is 11.4. The molecule has 0 saturated carbocycles. The number of ether oxygens (including phenoxy) is 1. The van der Waals surface area contributed by atoms with Crippen molar-refractivity contribution in [3.05, 3.63) is 15.6 Å². The second-order valence-corrected chi connectivity index (χ2v) is 4.90. The number of carbonyl (C=O) groups excluding carboxylic acids is 1. The molecule has 1 heterocycles. The predicted octanol–water partition coefficient (Wildman–Crippen LogP) is 1.92. The van der Waals surface area contributed by atoms with E-state index in [2.05, 4.69) is 10.3 Å². The number of hydrogen-bond acceptors (Lipinski definition) is 4. The van der Waals surface area contributed by atoms with Crippen LogP contribution in [-0.2, 0) is 24.0 Å². The molecule has 1 aromatic heterocycles. The number of aryl methyl sites for hydroxylation is 2. The van der Waals surface area contributed by atoms with E-state index in [-0.39, 0.29) is 6.09 Å². The first-order valence-corrected chi connectivity index (χ1v) is 6.49. The van der Waals surface area contributed by atoms with Gasteiger partial charge in [0, 0.05) is 17.8 Å². The minimum Gasteiger partial charge on any atom is -0.450 e. The van der Waals surface area contributed by atoms with Crippen LogP contribution in [0.5, 0.6) is 0 Å². The van der Waals surface area contributed by atoms with E-state index in [1.165, 1.54) is 23.4 Å². The van der Waals surface area contributed by atoms with Gasteiger partial charge in [0.05, 0.1) is 17.3 Å². The van der Waals surface area contributed by atoms with Crippen molar-refractivity contribution in [1.82, 2.24) is 10.3 Å². The molecule has 0 bridgehead atoms. The Labute approximate surface area is 99.0 Å². The molecule has 0 radical (unpaired) electrons. The number of fused-ring (bicyclic) bond motifs is 1. The average Bonchev–Trinajstić information content (AvgIpc) is 2.78. The van der Waals surface area contributed by atoms with Crippen molar-refractivity contribution in [3.63, 3.8) is 0 Å². The maximum absolute atomic E-state index is 11.0. The zero-order valence-electron chi connectivity index (χ0n) is 9.41. The molecule has 1 aliphatic rings. The third-order valence-corrected chi connectivity index (χ3v) is 3.74. The minimum atomic E-state index is -0.341. The van der Waals surface area contributed by atoms with Crippen LogP contribution in [0.3, 0.4) is 0 Å². The lowest BCUT2D eigenvalue weighted by Gasteiger charge is -2.03. The lowest BCUT2D eigenvalue weighted by atomic mass is 10.3. The molecule has 0 saturated heterocycles. The summed E-state index contributed by atoms with van der Waals surface area (Å²) in [7, 11) is 0. The number of aromatic nitrogens is 1. The Bertz CT molecular complexity index is 355. The summed E-state index contributed by atoms with van der Waals surface area (Å²) in [6.45, 7) is 2.81. The van der Waals surface area contributed by atoms with Crippen molar-refractivity contribution < 1.29 is 9.53 Å². The van der Waals surface area contributed by atoms with Gasteiger partial charge in [0.1, 0.15) is 0 Å². The van der Waals surface area contributed by atoms with Crippen LogP contribution >= 0.6 is 11.3 Å². The molecule has 5 heteroatoms. The van der Waals surface area contributed by atoms with E-state index >= 15 is 0 Å². The fourth-order valence-corrected chi connectivity index (χ4v) is 2.96. The van der Waals surface area contributed by atoms with Crippen LogP contribution in [-0.4, -0.2) is 24.2 Å². The van der Waals surface area contributed by atoms with Crippen LogP contribution in [0.15, 0.2) is 0 Å². The van der Waals surface area contributed by atoms with Crippen LogP contribution in [0.25, 0.3) is 0 Å². The largest absolute Gasteiger partial charge is 0.450 e. The highest BCUT2D eigenvalue weighted by atomic mass is 32.1. The van der Waals surface area contributed by atoms with Gasteiger partial charge in [0.2, 0.25) is 0 Å². The third-order valence-electron chi connectivity index (χ3n) is 2.52. The summed E-state index contributed by atoms with van der Waals surface area (Å²) in [5.74, 6) is 0. The summed E-state index contributed by atoms with van der Waals surface area (Å²) in [6, 6.07) is 0. The summed E-state index contributed by atoms with van der Waals surface area (Å²) in [5.41, 5.74) is 1.27. The number of nitrogens with zero attached hydrogens (tertiary/aromatic N) is 1. The summed E-state index contributed by atoms with van der Waals surface area (Å²) >= 11 is 1.78. The van der Waals surface area contributed by atoms with Crippen LogP contribution in [0.1, 0.15) is 28.9 Å². The first kappa shape index (κ1) is 11.4. The number of alkyl carbamates (subject to hydrolysis) is 1. The average molecular weight is 240 g/mol. The molecular formula is C11H16N2O2S. The van der Waals surface area contributed by atoms with Crippen LogP contribution in [0.2, 0.25) is 0 Å². The molecule has 0 aliphatic heterocycles. The van der Waals surface area contributed by atoms with Crippen molar-refractivity contribution >= 4 is 17.4 Å². The molecule has 0 unspecified atom stereocenters. The molecule has 1 amide bonds. The van der Waals surface area contributed by atoms with E-state index in [1.54, 1.807) is 18.3 Å². The highest BCUT2D eigenvalue weighted by molar-refractivity contribution is 7.11. The number of hydrogen-bond donors (Lipinski definition) is 1. The molecule has 88 valence electrons. The van der Waals surface area contributed by atoms with Gasteiger partial charge >= 0.3 is 6.09 Å². The molecule has 1 aliphatic carbocycles. The Morgan fingerprint density at radius 3 is 3.19 bits per heavy atom. The van der Waals surface area contributed by atoms with E-state index in [9.17, 15) is 4.79 Å². The third kappa shape index (κ3) is 2.72. The minimum absolute atomic E-state index is 0.341. The van der Waals surface area contributed by atoms with Gasteiger partial charge in [-0.05, 0) is 26.2 Å². The number of rotatable bonds is 4. The Morgan fingerprint density at radius 2 is 2.44 bits per heavy atom. The fourth-order valence-electron chi connectivity index (χ4n) is 1.80. The van der Waals surface area contributed by atoms with E-state index in [4.69, 9.17) is 4.74 Å². The Balaban J connectivity index is 1.75. The summed E-state index contributed by atoms with van der Waals surface area (Å²) in [4.78, 5) is 17.0. The highest BCUT2D eigenvalue weighted by Crippen LogP contribution is 2.27. The predicted molar refractivity (Wildman–Crippen MR) is 62.9 cm³/mol. The number of thiazole rings is 1. The smallest absolute Gasteiger partial charge is 0.407 e. The first-order valence-electron chi connectivity index (χ1n) is 5.67. The molecule has 0 spiro atoms. The molecule has 4 nitrogen and oxygen atoms in total. The van der Waals surface area contributed by atoms with Gasteiger partial charge in [0.15, 0.2) is 0 Å². The highest BCUT2D eigenvalue weighted by Gasteiger charge is 2.16. The first-order chi connectivity index (χ1) is 7.79. The Morgan fingerprint density at radius 1 is 1.56 bits per heavy atom. The van der Waals surface area contributed by atoms with Crippen LogP contribution in [0, 0.1) is 0 Å². The lowest BCUT2D eigenvalue weighted by Crippen LogP contribution is -2.26.